The second-order valence-corrected chi connectivity index (χ2v) is 4.77. The van der Waals surface area contributed by atoms with Gasteiger partial charge in [0, 0.05) is 9.89 Å². The summed E-state index contributed by atoms with van der Waals surface area (Å²) in [4.78, 5) is 11.1. The number of allylic oxidation sites excluding steroid dienone is 4. The number of carbonyl (C=O) groups is 1. The fourth-order valence-electron chi connectivity index (χ4n) is 1.62. The molecule has 0 radical (unpaired) electrons. The van der Waals surface area contributed by atoms with Crippen LogP contribution in [0.1, 0.15) is 12.5 Å². The molecular weight excluding hydrogens is 252 g/mol. The van der Waals surface area contributed by atoms with Crippen molar-refractivity contribution >= 4 is 21.7 Å². The van der Waals surface area contributed by atoms with Crippen molar-refractivity contribution in [2.45, 2.75) is 12.3 Å². The van der Waals surface area contributed by atoms with Gasteiger partial charge >= 0.3 is 0 Å². The molecule has 0 heterocycles. The van der Waals surface area contributed by atoms with Gasteiger partial charge in [0.05, 0.1) is 0 Å². The number of ketones is 1. The van der Waals surface area contributed by atoms with Gasteiger partial charge in [0.15, 0.2) is 5.78 Å². The van der Waals surface area contributed by atoms with Gasteiger partial charge in [-0.2, -0.15) is 0 Å². The third-order valence-electron chi connectivity index (χ3n) is 2.65. The van der Waals surface area contributed by atoms with E-state index >= 15 is 0 Å². The molecular formula is C13H11BrO. The van der Waals surface area contributed by atoms with Crippen LogP contribution >= 0.6 is 15.9 Å². The molecule has 1 aromatic rings. The highest BCUT2D eigenvalue weighted by Crippen LogP contribution is 2.30. The highest BCUT2D eigenvalue weighted by Gasteiger charge is 2.22. The summed E-state index contributed by atoms with van der Waals surface area (Å²) in [6.45, 7) is 2.09. The van der Waals surface area contributed by atoms with Crippen LogP contribution in [0.15, 0.2) is 53.0 Å². The van der Waals surface area contributed by atoms with E-state index in [9.17, 15) is 4.79 Å². The molecule has 1 aliphatic carbocycles. The lowest BCUT2D eigenvalue weighted by Gasteiger charge is -2.24. The first-order valence-electron chi connectivity index (χ1n) is 4.79. The molecule has 1 nitrogen and oxygen atoms in total. The van der Waals surface area contributed by atoms with Crippen LogP contribution in [0.5, 0.6) is 0 Å². The summed E-state index contributed by atoms with van der Waals surface area (Å²) in [5, 5.41) is 0. The highest BCUT2D eigenvalue weighted by molar-refractivity contribution is 9.10. The van der Waals surface area contributed by atoms with Crippen LogP contribution in [0.2, 0.25) is 0 Å². The summed E-state index contributed by atoms with van der Waals surface area (Å²) in [6.07, 6.45) is 7.14. The number of benzene rings is 1. The van der Waals surface area contributed by atoms with Crippen molar-refractivity contribution in [3.63, 3.8) is 0 Å². The summed E-state index contributed by atoms with van der Waals surface area (Å²) >= 11 is 3.41. The zero-order valence-corrected chi connectivity index (χ0v) is 9.99. The first-order chi connectivity index (χ1) is 7.10. The largest absolute Gasteiger partial charge is 0.290 e. The molecule has 1 aliphatic rings. The van der Waals surface area contributed by atoms with Crippen molar-refractivity contribution in [2.75, 3.05) is 0 Å². The van der Waals surface area contributed by atoms with Crippen molar-refractivity contribution in [3.05, 3.63) is 58.6 Å². The number of carbonyl (C=O) groups excluding carboxylic acids is 1. The monoisotopic (exact) mass is 262 g/mol. The lowest BCUT2D eigenvalue weighted by atomic mass is 9.79. The molecule has 0 atom stereocenters. The molecule has 0 aromatic heterocycles. The van der Waals surface area contributed by atoms with E-state index in [1.807, 2.05) is 24.3 Å². The zero-order chi connectivity index (χ0) is 10.9. The van der Waals surface area contributed by atoms with Crippen molar-refractivity contribution in [1.29, 1.82) is 0 Å². The van der Waals surface area contributed by atoms with Crippen LogP contribution in [0.4, 0.5) is 0 Å². The predicted molar refractivity (Wildman–Crippen MR) is 64.8 cm³/mol. The maximum atomic E-state index is 11.1. The molecule has 0 aliphatic heterocycles. The molecule has 2 rings (SSSR count). The summed E-state index contributed by atoms with van der Waals surface area (Å²) in [5.74, 6) is 0.0598. The van der Waals surface area contributed by atoms with E-state index in [4.69, 9.17) is 0 Å². The minimum absolute atomic E-state index is 0.0598. The fourth-order valence-corrected chi connectivity index (χ4v) is 1.89. The van der Waals surface area contributed by atoms with Gasteiger partial charge in [-0.15, -0.1) is 0 Å². The molecule has 0 unspecified atom stereocenters. The van der Waals surface area contributed by atoms with Gasteiger partial charge in [-0.05, 0) is 36.8 Å². The standard InChI is InChI=1S/C13H11BrO/c1-13(8-6-12(15)7-9-13)10-2-4-11(14)5-3-10/h2-9H,1H3. The topological polar surface area (TPSA) is 17.1 Å². The number of hydrogen-bond donors (Lipinski definition) is 0. The minimum atomic E-state index is -0.158. The maximum Gasteiger partial charge on any atom is 0.178 e. The highest BCUT2D eigenvalue weighted by atomic mass is 79.9. The molecule has 1 aromatic carbocycles. The SMILES string of the molecule is CC1(c2ccc(Br)cc2)C=CC(=O)C=C1. The Morgan fingerprint density at radius 1 is 1.07 bits per heavy atom. The molecule has 15 heavy (non-hydrogen) atoms. The van der Waals surface area contributed by atoms with Crippen molar-refractivity contribution in [3.8, 4) is 0 Å². The Labute approximate surface area is 97.6 Å². The van der Waals surface area contributed by atoms with E-state index in [0.29, 0.717) is 0 Å². The Morgan fingerprint density at radius 2 is 1.60 bits per heavy atom. The molecule has 0 amide bonds. The Balaban J connectivity index is 2.38. The van der Waals surface area contributed by atoms with Crippen LogP contribution in [0.3, 0.4) is 0 Å². The number of hydrogen-bond acceptors (Lipinski definition) is 1. The normalized spacial score (nSPS) is 18.1. The van der Waals surface area contributed by atoms with E-state index in [1.165, 1.54) is 5.56 Å². The van der Waals surface area contributed by atoms with Crippen LogP contribution < -0.4 is 0 Å². The van der Waals surface area contributed by atoms with Gasteiger partial charge in [-0.1, -0.05) is 40.2 Å². The molecule has 0 fully saturated rings. The number of rotatable bonds is 1. The summed E-state index contributed by atoms with van der Waals surface area (Å²) in [6, 6.07) is 8.15. The molecule has 0 N–H and O–H groups in total. The van der Waals surface area contributed by atoms with Crippen LogP contribution in [-0.2, 0) is 10.2 Å². The smallest absolute Gasteiger partial charge is 0.178 e. The fraction of sp³-hybridized carbons (Fsp3) is 0.154. The Hall–Kier alpha value is -1.15. The van der Waals surface area contributed by atoms with E-state index in [2.05, 4.69) is 35.0 Å². The molecule has 0 bridgehead atoms. The first kappa shape index (κ1) is 10.4. The average molecular weight is 263 g/mol. The first-order valence-corrected chi connectivity index (χ1v) is 5.58. The molecule has 0 saturated heterocycles. The Kier molecular flexibility index (Phi) is 2.61. The van der Waals surface area contributed by atoms with Crippen molar-refractivity contribution < 1.29 is 4.79 Å². The molecule has 2 heteroatoms. The Bertz CT molecular complexity index is 424. The molecule has 0 saturated carbocycles. The molecule has 0 spiro atoms. The van der Waals surface area contributed by atoms with E-state index < -0.39 is 0 Å². The van der Waals surface area contributed by atoms with Gasteiger partial charge in [0.25, 0.3) is 0 Å². The predicted octanol–water partition coefficient (Wildman–Crippen LogP) is 3.40. The third kappa shape index (κ3) is 2.10. The molecule has 76 valence electrons. The average Bonchev–Trinajstić information content (AvgIpc) is 2.24. The second kappa shape index (κ2) is 3.78. The van der Waals surface area contributed by atoms with E-state index in [1.54, 1.807) is 12.2 Å². The van der Waals surface area contributed by atoms with Gasteiger partial charge in [-0.3, -0.25) is 4.79 Å². The van der Waals surface area contributed by atoms with Crippen LogP contribution in [0, 0.1) is 0 Å². The van der Waals surface area contributed by atoms with Gasteiger partial charge in [0.2, 0.25) is 0 Å². The van der Waals surface area contributed by atoms with Crippen LogP contribution in [0.25, 0.3) is 0 Å². The summed E-state index contributed by atoms with van der Waals surface area (Å²) in [5.41, 5.74) is 1.03. The lowest BCUT2D eigenvalue weighted by Crippen LogP contribution is -2.19. The van der Waals surface area contributed by atoms with Gasteiger partial charge in [-0.25, -0.2) is 0 Å². The van der Waals surface area contributed by atoms with Gasteiger partial charge < -0.3 is 0 Å². The summed E-state index contributed by atoms with van der Waals surface area (Å²) < 4.78 is 1.06. The summed E-state index contributed by atoms with van der Waals surface area (Å²) in [7, 11) is 0. The minimum Gasteiger partial charge on any atom is -0.290 e. The zero-order valence-electron chi connectivity index (χ0n) is 8.41. The third-order valence-corrected chi connectivity index (χ3v) is 3.18. The van der Waals surface area contributed by atoms with E-state index in [0.717, 1.165) is 4.47 Å². The maximum absolute atomic E-state index is 11.1. The van der Waals surface area contributed by atoms with E-state index in [-0.39, 0.29) is 11.2 Å². The Morgan fingerprint density at radius 3 is 2.13 bits per heavy atom. The van der Waals surface area contributed by atoms with Crippen LogP contribution in [-0.4, -0.2) is 5.78 Å². The number of halogens is 1. The van der Waals surface area contributed by atoms with Crippen molar-refractivity contribution in [2.24, 2.45) is 0 Å². The van der Waals surface area contributed by atoms with Crippen molar-refractivity contribution in [1.82, 2.24) is 0 Å². The lowest BCUT2D eigenvalue weighted by molar-refractivity contribution is -0.110. The second-order valence-electron chi connectivity index (χ2n) is 3.86. The quantitative estimate of drug-likeness (QED) is 0.758. The van der Waals surface area contributed by atoms with Gasteiger partial charge in [0.1, 0.15) is 0 Å².